The van der Waals surface area contributed by atoms with Crippen molar-refractivity contribution in [3.63, 3.8) is 0 Å². The molecule has 3 N–H and O–H groups in total. The van der Waals surface area contributed by atoms with Gasteiger partial charge in [0, 0.05) is 13.0 Å². The number of alkyl halides is 2. The van der Waals surface area contributed by atoms with Crippen LogP contribution in [-0.2, 0) is 4.79 Å². The van der Waals surface area contributed by atoms with Gasteiger partial charge in [0.1, 0.15) is 6.04 Å². The fraction of sp³-hybridized carbons (Fsp3) is 0.895. The zero-order valence-corrected chi connectivity index (χ0v) is 14.7. The van der Waals surface area contributed by atoms with Gasteiger partial charge in [0.2, 0.25) is 5.91 Å². The molecule has 5 aliphatic carbocycles. The molecule has 1 aliphatic heterocycles. The van der Waals surface area contributed by atoms with Crippen LogP contribution in [0.2, 0.25) is 0 Å². The first kappa shape index (κ1) is 16.9. The number of aliphatic hydroxyl groups is 1. The van der Waals surface area contributed by atoms with Gasteiger partial charge in [0.15, 0.2) is 0 Å². The lowest BCUT2D eigenvalue weighted by Crippen LogP contribution is -2.64. The molecule has 26 heavy (non-hydrogen) atoms. The van der Waals surface area contributed by atoms with E-state index in [0.29, 0.717) is 18.3 Å². The first-order valence-corrected chi connectivity index (χ1v) is 9.72. The molecule has 1 heterocycles. The van der Waals surface area contributed by atoms with Crippen LogP contribution < -0.4 is 5.73 Å². The lowest BCUT2D eigenvalue weighted by Gasteiger charge is -2.61. The summed E-state index contributed by atoms with van der Waals surface area (Å²) in [6, 6.07) is 0.0366. The molecule has 0 spiro atoms. The van der Waals surface area contributed by atoms with Crippen LogP contribution in [0.5, 0.6) is 0 Å². The highest BCUT2D eigenvalue weighted by molar-refractivity contribution is 5.84. The Balaban J connectivity index is 1.40. The number of rotatable bonds is 2. The van der Waals surface area contributed by atoms with E-state index in [1.54, 1.807) is 0 Å². The predicted octanol–water partition coefficient (Wildman–Crippen LogP) is 1.65. The van der Waals surface area contributed by atoms with Crippen LogP contribution in [0.4, 0.5) is 8.78 Å². The number of hydrogen-bond donors (Lipinski definition) is 2. The number of carbonyl (C=O) groups excluding carboxylic acids is 1. The Hall–Kier alpha value is -1.26. The van der Waals surface area contributed by atoms with E-state index in [9.17, 15) is 23.9 Å². The Morgan fingerprint density at radius 1 is 1.23 bits per heavy atom. The van der Waals surface area contributed by atoms with Crippen molar-refractivity contribution in [3.8, 4) is 6.07 Å². The molecule has 142 valence electrons. The van der Waals surface area contributed by atoms with Crippen LogP contribution >= 0.6 is 0 Å². The van der Waals surface area contributed by atoms with Gasteiger partial charge in [-0.1, -0.05) is 0 Å². The summed E-state index contributed by atoms with van der Waals surface area (Å²) < 4.78 is 27.8. The SMILES string of the molecule is N#C[C@@H]1[C@H]2[C@@H](CN1C(=O)[C@@H](N)C13CC4CC(CC(O)(C4)C1)C3)CC2(F)F. The van der Waals surface area contributed by atoms with Crippen molar-refractivity contribution >= 4 is 5.91 Å². The van der Waals surface area contributed by atoms with E-state index in [4.69, 9.17) is 5.73 Å². The van der Waals surface area contributed by atoms with Crippen molar-refractivity contribution in [2.45, 2.75) is 68.6 Å². The number of fused-ring (bicyclic) bond motifs is 1. The Bertz CT molecular complexity index is 691. The van der Waals surface area contributed by atoms with Gasteiger partial charge < -0.3 is 15.7 Å². The molecule has 0 aromatic rings. The van der Waals surface area contributed by atoms with Crippen molar-refractivity contribution in [2.24, 2.45) is 34.8 Å². The summed E-state index contributed by atoms with van der Waals surface area (Å²) in [5.74, 6) is -3.79. The zero-order valence-electron chi connectivity index (χ0n) is 14.7. The Morgan fingerprint density at radius 2 is 1.88 bits per heavy atom. The highest BCUT2D eigenvalue weighted by Crippen LogP contribution is 2.63. The summed E-state index contributed by atoms with van der Waals surface area (Å²) in [7, 11) is 0. The van der Waals surface area contributed by atoms with E-state index in [0.717, 1.165) is 32.1 Å². The van der Waals surface area contributed by atoms with E-state index in [-0.39, 0.29) is 24.8 Å². The predicted molar refractivity (Wildman–Crippen MR) is 87.7 cm³/mol. The molecular formula is C19H25F2N3O2. The fourth-order valence-electron chi connectivity index (χ4n) is 7.49. The zero-order chi connectivity index (χ0) is 18.5. The lowest BCUT2D eigenvalue weighted by molar-refractivity contribution is -0.177. The second-order valence-electron chi connectivity index (χ2n) is 9.84. The number of amides is 1. The molecule has 0 radical (unpaired) electrons. The van der Waals surface area contributed by atoms with Gasteiger partial charge in [-0.05, 0) is 61.7 Å². The molecule has 1 amide bonds. The van der Waals surface area contributed by atoms with Crippen molar-refractivity contribution in [1.82, 2.24) is 4.90 Å². The van der Waals surface area contributed by atoms with Crippen LogP contribution in [0.25, 0.3) is 0 Å². The second-order valence-corrected chi connectivity index (χ2v) is 9.84. The average molecular weight is 365 g/mol. The molecule has 6 atom stereocenters. The minimum Gasteiger partial charge on any atom is -0.390 e. The molecule has 6 aliphatic rings. The van der Waals surface area contributed by atoms with Crippen LogP contribution in [0.15, 0.2) is 0 Å². The maximum Gasteiger partial charge on any atom is 0.254 e. The third kappa shape index (κ3) is 2.09. The quantitative estimate of drug-likeness (QED) is 0.779. The van der Waals surface area contributed by atoms with Crippen LogP contribution in [0.3, 0.4) is 0 Å². The Kier molecular flexibility index (Phi) is 3.22. The summed E-state index contributed by atoms with van der Waals surface area (Å²) in [6.07, 6.45) is 4.59. The molecule has 2 unspecified atom stereocenters. The van der Waals surface area contributed by atoms with E-state index in [2.05, 4.69) is 0 Å². The molecule has 1 saturated heterocycles. The smallest absolute Gasteiger partial charge is 0.254 e. The maximum atomic E-state index is 13.9. The van der Waals surface area contributed by atoms with E-state index in [1.807, 2.05) is 6.07 Å². The summed E-state index contributed by atoms with van der Waals surface area (Å²) in [5, 5.41) is 20.3. The number of nitriles is 1. The number of likely N-dealkylation sites (tertiary alicyclic amines) is 1. The number of hydrogen-bond acceptors (Lipinski definition) is 4. The maximum absolute atomic E-state index is 13.9. The van der Waals surface area contributed by atoms with Crippen molar-refractivity contribution in [3.05, 3.63) is 0 Å². The van der Waals surface area contributed by atoms with Gasteiger partial charge >= 0.3 is 0 Å². The van der Waals surface area contributed by atoms with Crippen molar-refractivity contribution in [1.29, 1.82) is 5.26 Å². The minimum absolute atomic E-state index is 0.207. The number of halogens is 2. The highest BCUT2D eigenvalue weighted by atomic mass is 19.3. The fourth-order valence-corrected chi connectivity index (χ4v) is 7.49. The topological polar surface area (TPSA) is 90.4 Å². The van der Waals surface area contributed by atoms with Crippen molar-refractivity contribution in [2.75, 3.05) is 6.54 Å². The molecular weight excluding hydrogens is 340 g/mol. The summed E-state index contributed by atoms with van der Waals surface area (Å²) in [5.41, 5.74) is 5.28. The molecule has 0 aromatic carbocycles. The molecule has 6 rings (SSSR count). The van der Waals surface area contributed by atoms with E-state index in [1.165, 1.54) is 4.90 Å². The van der Waals surface area contributed by atoms with Gasteiger partial charge in [-0.2, -0.15) is 5.26 Å². The van der Waals surface area contributed by atoms with Gasteiger partial charge in [0.05, 0.1) is 23.6 Å². The van der Waals surface area contributed by atoms with Gasteiger partial charge in [-0.15, -0.1) is 0 Å². The van der Waals surface area contributed by atoms with Gasteiger partial charge in [-0.3, -0.25) is 4.79 Å². The third-order valence-electron chi connectivity index (χ3n) is 8.05. The van der Waals surface area contributed by atoms with E-state index < -0.39 is 34.9 Å². The Morgan fingerprint density at radius 3 is 2.42 bits per heavy atom. The largest absolute Gasteiger partial charge is 0.390 e. The first-order valence-electron chi connectivity index (χ1n) is 9.72. The monoisotopic (exact) mass is 365 g/mol. The summed E-state index contributed by atoms with van der Waals surface area (Å²) in [4.78, 5) is 14.5. The van der Waals surface area contributed by atoms with Crippen LogP contribution in [-0.4, -0.2) is 46.1 Å². The molecule has 0 aromatic heterocycles. The molecule has 5 saturated carbocycles. The first-order chi connectivity index (χ1) is 12.2. The molecule has 6 fully saturated rings. The minimum atomic E-state index is -2.86. The number of nitrogens with zero attached hydrogens (tertiary/aromatic N) is 2. The lowest BCUT2D eigenvalue weighted by atomic mass is 9.46. The second kappa shape index (κ2) is 4.96. The highest BCUT2D eigenvalue weighted by Gasteiger charge is 2.67. The molecule has 7 heteroatoms. The van der Waals surface area contributed by atoms with Gasteiger partial charge in [-0.25, -0.2) is 8.78 Å². The summed E-state index contributed by atoms with van der Waals surface area (Å²) in [6.45, 7) is 0.207. The molecule has 5 nitrogen and oxygen atoms in total. The number of nitrogens with two attached hydrogens (primary N) is 1. The van der Waals surface area contributed by atoms with Crippen LogP contribution in [0.1, 0.15) is 44.9 Å². The van der Waals surface area contributed by atoms with E-state index >= 15 is 0 Å². The van der Waals surface area contributed by atoms with Crippen LogP contribution in [0, 0.1) is 40.4 Å². The summed E-state index contributed by atoms with van der Waals surface area (Å²) >= 11 is 0. The average Bonchev–Trinajstić information content (AvgIpc) is 2.85. The number of carbonyl (C=O) groups is 1. The van der Waals surface area contributed by atoms with Crippen molar-refractivity contribution < 1.29 is 18.7 Å². The standard InChI is InChI=1S/C19H25F2N3O2/c20-19(21)6-12-8-24(13(7-22)14(12)19)16(25)15(23)17-2-10-1-11(3-17)5-18(26,4-10)9-17/h10-15,26H,1-6,8-9,23H2/t10?,11?,12-,13-,14-,15-,17?,18?/m1/s1. The molecule has 4 bridgehead atoms. The Labute approximate surface area is 151 Å². The third-order valence-corrected chi connectivity index (χ3v) is 8.05. The normalized spacial score (nSPS) is 51.5. The van der Waals surface area contributed by atoms with Gasteiger partial charge in [0.25, 0.3) is 5.92 Å².